The molecule has 0 aromatic carbocycles. The molecule has 2 nitrogen and oxygen atoms in total. The van der Waals surface area contributed by atoms with Crippen molar-refractivity contribution >= 4 is 0 Å². The van der Waals surface area contributed by atoms with Gasteiger partial charge in [-0.05, 0) is 46.2 Å². The summed E-state index contributed by atoms with van der Waals surface area (Å²) >= 11 is 0. The van der Waals surface area contributed by atoms with E-state index in [4.69, 9.17) is 5.73 Å². The van der Waals surface area contributed by atoms with Crippen molar-refractivity contribution in [3.8, 4) is 0 Å². The lowest BCUT2D eigenvalue weighted by atomic mass is 10.1. The van der Waals surface area contributed by atoms with Gasteiger partial charge in [-0.1, -0.05) is 12.8 Å². The Morgan fingerprint density at radius 2 is 2.00 bits per heavy atom. The average Bonchev–Trinajstić information content (AvgIpc) is 2.65. The zero-order chi connectivity index (χ0) is 9.68. The van der Waals surface area contributed by atoms with Gasteiger partial charge in [0.25, 0.3) is 0 Å². The fourth-order valence-corrected chi connectivity index (χ4v) is 2.29. The highest BCUT2D eigenvalue weighted by atomic mass is 15.2. The molecule has 0 radical (unpaired) electrons. The van der Waals surface area contributed by atoms with Gasteiger partial charge in [0, 0.05) is 12.1 Å². The molecule has 1 aliphatic carbocycles. The van der Waals surface area contributed by atoms with Gasteiger partial charge < -0.3 is 10.6 Å². The minimum atomic E-state index is 0.714. The van der Waals surface area contributed by atoms with E-state index in [0.717, 1.165) is 19.0 Å². The zero-order valence-electron chi connectivity index (χ0n) is 9.13. The highest BCUT2D eigenvalue weighted by Gasteiger charge is 2.22. The first-order valence-corrected chi connectivity index (χ1v) is 5.67. The van der Waals surface area contributed by atoms with Crippen LogP contribution in [0.15, 0.2) is 0 Å². The number of hydrogen-bond donors (Lipinski definition) is 1. The molecule has 1 aliphatic rings. The van der Waals surface area contributed by atoms with Gasteiger partial charge in [0.05, 0.1) is 0 Å². The summed E-state index contributed by atoms with van der Waals surface area (Å²) in [5, 5.41) is 0. The van der Waals surface area contributed by atoms with E-state index < -0.39 is 0 Å². The van der Waals surface area contributed by atoms with Crippen molar-refractivity contribution < 1.29 is 0 Å². The minimum absolute atomic E-state index is 0.714. The Labute approximate surface area is 82.5 Å². The van der Waals surface area contributed by atoms with Crippen LogP contribution in [0.5, 0.6) is 0 Å². The molecule has 0 aromatic heterocycles. The Bertz CT molecular complexity index is 130. The summed E-state index contributed by atoms with van der Waals surface area (Å²) in [6.45, 7) is 3.16. The van der Waals surface area contributed by atoms with Gasteiger partial charge >= 0.3 is 0 Å². The van der Waals surface area contributed by atoms with Crippen LogP contribution in [0.2, 0.25) is 0 Å². The molecule has 13 heavy (non-hydrogen) atoms. The normalized spacial score (nSPS) is 21.2. The van der Waals surface area contributed by atoms with Crippen molar-refractivity contribution in [1.29, 1.82) is 0 Å². The molecule has 1 rings (SSSR count). The molecule has 0 saturated heterocycles. The van der Waals surface area contributed by atoms with Crippen LogP contribution in [0, 0.1) is 0 Å². The quantitative estimate of drug-likeness (QED) is 0.708. The molecule has 0 spiro atoms. The molecule has 1 unspecified atom stereocenters. The largest absolute Gasteiger partial charge is 0.330 e. The predicted octanol–water partition coefficient (Wildman–Crippen LogP) is 1.99. The summed E-state index contributed by atoms with van der Waals surface area (Å²) in [6.07, 6.45) is 8.09. The minimum Gasteiger partial charge on any atom is -0.330 e. The van der Waals surface area contributed by atoms with Crippen LogP contribution in [0.25, 0.3) is 0 Å². The van der Waals surface area contributed by atoms with Crippen LogP contribution < -0.4 is 5.73 Å². The van der Waals surface area contributed by atoms with Gasteiger partial charge in [-0.25, -0.2) is 0 Å². The third kappa shape index (κ3) is 3.28. The van der Waals surface area contributed by atoms with Gasteiger partial charge in [0.1, 0.15) is 0 Å². The summed E-state index contributed by atoms with van der Waals surface area (Å²) in [7, 11) is 2.27. The molecule has 1 atom stereocenters. The van der Waals surface area contributed by atoms with Crippen LogP contribution in [0.3, 0.4) is 0 Å². The van der Waals surface area contributed by atoms with E-state index in [0.29, 0.717) is 6.04 Å². The monoisotopic (exact) mass is 184 g/mol. The molecule has 0 aliphatic heterocycles. The van der Waals surface area contributed by atoms with E-state index in [9.17, 15) is 0 Å². The van der Waals surface area contributed by atoms with Gasteiger partial charge in [0.2, 0.25) is 0 Å². The molecular formula is C11H24N2. The van der Waals surface area contributed by atoms with Gasteiger partial charge in [-0.2, -0.15) is 0 Å². The zero-order valence-corrected chi connectivity index (χ0v) is 9.13. The maximum Gasteiger partial charge on any atom is 0.00950 e. The Morgan fingerprint density at radius 3 is 2.54 bits per heavy atom. The van der Waals surface area contributed by atoms with E-state index in [1.54, 1.807) is 0 Å². The van der Waals surface area contributed by atoms with Crippen molar-refractivity contribution in [2.24, 2.45) is 5.73 Å². The third-order valence-electron chi connectivity index (χ3n) is 3.42. The van der Waals surface area contributed by atoms with Gasteiger partial charge in [0.15, 0.2) is 0 Å². The van der Waals surface area contributed by atoms with Crippen LogP contribution in [0.4, 0.5) is 0 Å². The van der Waals surface area contributed by atoms with Crippen LogP contribution in [-0.4, -0.2) is 30.6 Å². The lowest BCUT2D eigenvalue weighted by Gasteiger charge is -2.30. The molecule has 0 heterocycles. The smallest absolute Gasteiger partial charge is 0.00950 e. The third-order valence-corrected chi connectivity index (χ3v) is 3.42. The summed E-state index contributed by atoms with van der Waals surface area (Å²) < 4.78 is 0. The number of hydrogen-bond acceptors (Lipinski definition) is 2. The molecule has 0 amide bonds. The predicted molar refractivity (Wildman–Crippen MR) is 57.8 cm³/mol. The van der Waals surface area contributed by atoms with Crippen molar-refractivity contribution in [3.05, 3.63) is 0 Å². The maximum atomic E-state index is 5.51. The molecule has 0 aromatic rings. The first kappa shape index (κ1) is 11.0. The van der Waals surface area contributed by atoms with Gasteiger partial charge in [-0.15, -0.1) is 0 Å². The Hall–Kier alpha value is -0.0800. The van der Waals surface area contributed by atoms with E-state index in [1.165, 1.54) is 32.1 Å². The second kappa shape index (κ2) is 5.61. The standard InChI is InChI=1S/C11H24N2/c1-10(6-5-9-12)13(2)11-7-3-4-8-11/h10-11H,3-9,12H2,1-2H3. The maximum absolute atomic E-state index is 5.51. The molecule has 78 valence electrons. The molecule has 0 bridgehead atoms. The van der Waals surface area contributed by atoms with Crippen LogP contribution in [0.1, 0.15) is 45.4 Å². The number of nitrogens with zero attached hydrogens (tertiary/aromatic N) is 1. The van der Waals surface area contributed by atoms with Crippen LogP contribution >= 0.6 is 0 Å². The summed E-state index contributed by atoms with van der Waals surface area (Å²) in [4.78, 5) is 2.56. The second-order valence-corrected chi connectivity index (χ2v) is 4.38. The molecule has 2 heteroatoms. The second-order valence-electron chi connectivity index (χ2n) is 4.38. The first-order chi connectivity index (χ1) is 6.25. The number of nitrogens with two attached hydrogens (primary N) is 1. The van der Waals surface area contributed by atoms with Crippen LogP contribution in [-0.2, 0) is 0 Å². The Kier molecular flexibility index (Phi) is 4.74. The molecular weight excluding hydrogens is 160 g/mol. The average molecular weight is 184 g/mol. The Balaban J connectivity index is 2.23. The van der Waals surface area contributed by atoms with E-state index in [1.807, 2.05) is 0 Å². The summed E-state index contributed by atoms with van der Waals surface area (Å²) in [6, 6.07) is 1.57. The van der Waals surface area contributed by atoms with Gasteiger partial charge in [-0.3, -0.25) is 0 Å². The number of rotatable bonds is 5. The SMILES string of the molecule is CC(CCCN)N(C)C1CCCC1. The first-order valence-electron chi connectivity index (χ1n) is 5.67. The molecule has 1 saturated carbocycles. The molecule has 1 fully saturated rings. The van der Waals surface area contributed by atoms with E-state index >= 15 is 0 Å². The van der Waals surface area contributed by atoms with Crippen molar-refractivity contribution in [1.82, 2.24) is 4.90 Å². The van der Waals surface area contributed by atoms with Crippen molar-refractivity contribution in [2.75, 3.05) is 13.6 Å². The molecule has 2 N–H and O–H groups in total. The lowest BCUT2D eigenvalue weighted by molar-refractivity contribution is 0.177. The van der Waals surface area contributed by atoms with Crippen molar-refractivity contribution in [3.63, 3.8) is 0 Å². The fourth-order valence-electron chi connectivity index (χ4n) is 2.29. The highest BCUT2D eigenvalue weighted by Crippen LogP contribution is 2.24. The van der Waals surface area contributed by atoms with E-state index in [-0.39, 0.29) is 0 Å². The van der Waals surface area contributed by atoms with Crippen molar-refractivity contribution in [2.45, 2.75) is 57.5 Å². The highest BCUT2D eigenvalue weighted by molar-refractivity contribution is 4.78. The topological polar surface area (TPSA) is 29.3 Å². The Morgan fingerprint density at radius 1 is 1.38 bits per heavy atom. The fraction of sp³-hybridized carbons (Fsp3) is 1.00. The lowest BCUT2D eigenvalue weighted by Crippen LogP contribution is -2.37. The van der Waals surface area contributed by atoms with E-state index in [2.05, 4.69) is 18.9 Å². The summed E-state index contributed by atoms with van der Waals surface area (Å²) in [5.41, 5.74) is 5.51. The summed E-state index contributed by atoms with van der Waals surface area (Å²) in [5.74, 6) is 0.